The van der Waals surface area contributed by atoms with Crippen molar-refractivity contribution in [1.82, 2.24) is 9.97 Å². The van der Waals surface area contributed by atoms with E-state index in [9.17, 15) is 4.79 Å². The van der Waals surface area contributed by atoms with Gasteiger partial charge in [0.25, 0.3) is 0 Å². The number of rotatable bonds is 3. The average molecular weight is 441 g/mol. The fourth-order valence-corrected chi connectivity index (χ4v) is 5.07. The molecule has 0 spiro atoms. The quantitative estimate of drug-likeness (QED) is 0.500. The van der Waals surface area contributed by atoms with Crippen LogP contribution in [0, 0.1) is 11.8 Å². The summed E-state index contributed by atoms with van der Waals surface area (Å²) in [7, 11) is 0. The fraction of sp³-hybridized carbons (Fsp3) is 0.0556. The zero-order valence-electron chi connectivity index (χ0n) is 12.7. The molecule has 117 valence electrons. The molecule has 1 radical (unpaired) electrons. The molecule has 1 amide bonds. The third kappa shape index (κ3) is 4.03. The van der Waals surface area contributed by atoms with E-state index >= 15 is 0 Å². The minimum absolute atomic E-state index is 0.285. The van der Waals surface area contributed by atoms with Crippen LogP contribution in [0.2, 0.25) is 0 Å². The van der Waals surface area contributed by atoms with Crippen LogP contribution in [-0.2, 0) is 4.79 Å². The van der Waals surface area contributed by atoms with Gasteiger partial charge in [-0.1, -0.05) is 0 Å². The Morgan fingerprint density at radius 3 is 2.88 bits per heavy atom. The van der Waals surface area contributed by atoms with E-state index in [-0.39, 0.29) is 21.7 Å². The monoisotopic (exact) mass is 440 g/mol. The van der Waals surface area contributed by atoms with Crippen LogP contribution in [-0.4, -0.2) is 31.6 Å². The summed E-state index contributed by atoms with van der Waals surface area (Å²) in [5.74, 6) is 4.74. The van der Waals surface area contributed by atoms with Crippen LogP contribution in [0.25, 0.3) is 10.9 Å². The second kappa shape index (κ2) is 7.61. The number of fused-ring (bicyclic) bond motifs is 1. The molecule has 0 unspecified atom stereocenters. The molecule has 0 atom stereocenters. The van der Waals surface area contributed by atoms with Crippen LogP contribution in [0.5, 0.6) is 0 Å². The summed E-state index contributed by atoms with van der Waals surface area (Å²) >= 11 is 3.22. The molecule has 3 rings (SSSR count). The Bertz CT molecular complexity index is 979. The van der Waals surface area contributed by atoms with Gasteiger partial charge in [0, 0.05) is 0 Å². The number of carbonyl (C=O) groups is 1. The Morgan fingerprint density at radius 1 is 1.21 bits per heavy atom. The molecule has 24 heavy (non-hydrogen) atoms. The summed E-state index contributed by atoms with van der Waals surface area (Å²) in [4.78, 5) is 20.4. The predicted octanol–water partition coefficient (Wildman–Crippen LogP) is 2.01. The van der Waals surface area contributed by atoms with E-state index in [2.05, 4.69) is 55.2 Å². The van der Waals surface area contributed by atoms with Crippen LogP contribution in [0.3, 0.4) is 0 Å². The summed E-state index contributed by atoms with van der Waals surface area (Å²) in [6.07, 6.45) is 1.59. The molecule has 1 heterocycles. The molecular formula is C18H12AsBrN3O. The number of amides is 1. The van der Waals surface area contributed by atoms with E-state index in [1.165, 1.54) is 4.35 Å². The van der Waals surface area contributed by atoms with Gasteiger partial charge in [-0.05, 0) is 0 Å². The van der Waals surface area contributed by atoms with Crippen molar-refractivity contribution in [2.45, 2.75) is 6.92 Å². The number of carbonyl (C=O) groups excluding carboxylic acids is 1. The Labute approximate surface area is 154 Å². The first-order valence-corrected chi connectivity index (χ1v) is 9.78. The van der Waals surface area contributed by atoms with E-state index in [4.69, 9.17) is 0 Å². The van der Waals surface area contributed by atoms with Gasteiger partial charge in [-0.25, -0.2) is 0 Å². The van der Waals surface area contributed by atoms with Crippen molar-refractivity contribution in [3.8, 4) is 11.8 Å². The molecule has 3 aromatic rings. The fourth-order valence-electron chi connectivity index (χ4n) is 2.15. The normalized spacial score (nSPS) is 10.6. The molecule has 1 aromatic heterocycles. The maximum atomic E-state index is 11.6. The summed E-state index contributed by atoms with van der Waals surface area (Å²) in [5, 5.41) is 3.73. The van der Waals surface area contributed by atoms with Crippen molar-refractivity contribution in [3.63, 3.8) is 0 Å². The van der Waals surface area contributed by atoms with Crippen LogP contribution >= 0.6 is 15.9 Å². The third-order valence-corrected chi connectivity index (χ3v) is 5.96. The number of nitrogens with zero attached hydrogens (tertiary/aromatic N) is 2. The van der Waals surface area contributed by atoms with Gasteiger partial charge < -0.3 is 0 Å². The first kappa shape index (κ1) is 16.7. The molecule has 0 saturated carbocycles. The summed E-state index contributed by atoms with van der Waals surface area (Å²) in [5.41, 5.74) is 1.56. The van der Waals surface area contributed by atoms with Gasteiger partial charge in [0.15, 0.2) is 0 Å². The number of hydrogen-bond acceptors (Lipinski definition) is 3. The maximum absolute atomic E-state index is 11.6. The Balaban J connectivity index is 1.97. The molecule has 0 fully saturated rings. The SMILES string of the molecule is CC#CC(=O)Nc1ccc2ncnc([As]c3cccc(Br)c3)c2c1. The van der Waals surface area contributed by atoms with Gasteiger partial charge in [-0.3, -0.25) is 0 Å². The molecule has 0 aliphatic rings. The average Bonchev–Trinajstić information content (AvgIpc) is 2.56. The van der Waals surface area contributed by atoms with Crippen molar-refractivity contribution in [2.75, 3.05) is 5.32 Å². The van der Waals surface area contributed by atoms with Gasteiger partial charge >= 0.3 is 155 Å². The molecule has 2 aromatic carbocycles. The van der Waals surface area contributed by atoms with E-state index in [1.54, 1.807) is 13.3 Å². The second-order valence-electron chi connectivity index (χ2n) is 4.85. The minimum atomic E-state index is -0.324. The molecule has 1 N–H and O–H groups in total. The molecule has 0 saturated heterocycles. The number of nitrogens with one attached hydrogen (secondary N) is 1. The summed E-state index contributed by atoms with van der Waals surface area (Å²) in [6, 6.07) is 13.9. The third-order valence-electron chi connectivity index (χ3n) is 3.15. The van der Waals surface area contributed by atoms with Gasteiger partial charge in [0.2, 0.25) is 0 Å². The van der Waals surface area contributed by atoms with E-state index in [1.807, 2.05) is 30.3 Å². The predicted molar refractivity (Wildman–Crippen MR) is 101 cm³/mol. The molecule has 6 heteroatoms. The van der Waals surface area contributed by atoms with Crippen molar-refractivity contribution in [1.29, 1.82) is 0 Å². The molecular weight excluding hydrogens is 429 g/mol. The number of benzene rings is 2. The van der Waals surface area contributed by atoms with Gasteiger partial charge in [-0.15, -0.1) is 0 Å². The Hall–Kier alpha value is -2.15. The molecule has 0 bridgehead atoms. The first-order chi connectivity index (χ1) is 11.7. The van der Waals surface area contributed by atoms with Gasteiger partial charge in [-0.2, -0.15) is 0 Å². The van der Waals surface area contributed by atoms with Crippen molar-refractivity contribution in [2.24, 2.45) is 0 Å². The van der Waals surface area contributed by atoms with Crippen LogP contribution in [0.1, 0.15) is 6.92 Å². The topological polar surface area (TPSA) is 54.9 Å². The number of aromatic nitrogens is 2. The zero-order chi connectivity index (χ0) is 16.9. The van der Waals surface area contributed by atoms with Crippen LogP contribution < -0.4 is 14.1 Å². The molecule has 4 nitrogen and oxygen atoms in total. The van der Waals surface area contributed by atoms with E-state index in [0.29, 0.717) is 5.69 Å². The Kier molecular flexibility index (Phi) is 5.30. The van der Waals surface area contributed by atoms with Gasteiger partial charge in [0.1, 0.15) is 0 Å². The van der Waals surface area contributed by atoms with E-state index in [0.717, 1.165) is 19.9 Å². The van der Waals surface area contributed by atoms with Crippen LogP contribution in [0.4, 0.5) is 5.69 Å². The van der Waals surface area contributed by atoms with E-state index < -0.39 is 0 Å². The summed E-state index contributed by atoms with van der Waals surface area (Å²) in [6.45, 7) is 1.63. The van der Waals surface area contributed by atoms with Crippen molar-refractivity contribution in [3.05, 3.63) is 53.3 Å². The standard InChI is InChI=1S/C18H12AsBrN3O/c1-2-4-17(24)23-14-7-8-16-15(10-14)18(22-11-21-16)19-12-5-3-6-13(20)9-12/h3,5-11H,1H3,(H,23,24). The summed E-state index contributed by atoms with van der Waals surface area (Å²) < 4.78 is 3.30. The molecule has 0 aliphatic carbocycles. The number of anilines is 1. The van der Waals surface area contributed by atoms with Crippen molar-refractivity contribution >= 4 is 63.0 Å². The number of hydrogen-bond donors (Lipinski definition) is 1. The van der Waals surface area contributed by atoms with Gasteiger partial charge in [0.05, 0.1) is 0 Å². The van der Waals surface area contributed by atoms with Crippen LogP contribution in [0.15, 0.2) is 53.3 Å². The molecule has 0 aliphatic heterocycles. The first-order valence-electron chi connectivity index (χ1n) is 7.11. The van der Waals surface area contributed by atoms with Crippen molar-refractivity contribution < 1.29 is 4.79 Å². The second-order valence-corrected chi connectivity index (χ2v) is 8.21. The Morgan fingerprint density at radius 2 is 2.08 bits per heavy atom. The number of halogens is 1. The zero-order valence-corrected chi connectivity index (χ0v) is 16.2.